The van der Waals surface area contributed by atoms with Gasteiger partial charge in [-0.05, 0) is 44.5 Å². The molecule has 1 unspecified atom stereocenters. The molecular formula is C14H22ClNO3. The number of hydrogen-bond acceptors (Lipinski definition) is 4. The Bertz CT molecular complexity index is 397. The Morgan fingerprint density at radius 2 is 2.16 bits per heavy atom. The largest absolute Gasteiger partial charge is 0.493 e. The molecule has 1 aromatic carbocycles. The summed E-state index contributed by atoms with van der Waals surface area (Å²) in [6, 6.07) is 3.77. The molecule has 5 heteroatoms. The maximum atomic E-state index is 9.17. The second-order valence-corrected chi connectivity index (χ2v) is 4.76. The van der Waals surface area contributed by atoms with Crippen LogP contribution in [-0.2, 0) is 6.54 Å². The molecule has 108 valence electrons. The Balaban J connectivity index is 2.67. The number of halogens is 1. The average Bonchev–Trinajstić information content (AvgIpc) is 2.37. The van der Waals surface area contributed by atoms with Gasteiger partial charge < -0.3 is 19.9 Å². The number of hydrogen-bond donors (Lipinski definition) is 2. The molecule has 1 rings (SSSR count). The summed E-state index contributed by atoms with van der Waals surface area (Å²) in [7, 11) is 1.60. The quantitative estimate of drug-likeness (QED) is 0.722. The Kier molecular flexibility index (Phi) is 6.99. The van der Waals surface area contributed by atoms with Crippen LogP contribution in [0.2, 0.25) is 5.02 Å². The summed E-state index contributed by atoms with van der Waals surface area (Å²) in [6.07, 6.45) is 0.438. The number of nitrogens with one attached hydrogen (secondary N) is 1. The predicted molar refractivity (Wildman–Crippen MR) is 77.2 cm³/mol. The van der Waals surface area contributed by atoms with Gasteiger partial charge in [-0.25, -0.2) is 0 Å². The van der Waals surface area contributed by atoms with Crippen LogP contribution in [0.5, 0.6) is 11.5 Å². The van der Waals surface area contributed by atoms with Crippen LogP contribution in [0.1, 0.15) is 25.8 Å². The molecule has 0 radical (unpaired) electrons. The Morgan fingerprint density at radius 3 is 2.74 bits per heavy atom. The molecule has 1 atom stereocenters. The molecule has 0 amide bonds. The second-order valence-electron chi connectivity index (χ2n) is 4.36. The van der Waals surface area contributed by atoms with Gasteiger partial charge in [0.25, 0.3) is 0 Å². The molecule has 0 aliphatic carbocycles. The van der Waals surface area contributed by atoms with Gasteiger partial charge in [0.05, 0.1) is 24.8 Å². The van der Waals surface area contributed by atoms with E-state index in [-0.39, 0.29) is 6.10 Å². The molecule has 2 N–H and O–H groups in total. The Labute approximate surface area is 119 Å². The minimum Gasteiger partial charge on any atom is -0.493 e. The van der Waals surface area contributed by atoms with Crippen LogP contribution in [0.4, 0.5) is 0 Å². The smallest absolute Gasteiger partial charge is 0.179 e. The minimum atomic E-state index is -0.286. The van der Waals surface area contributed by atoms with Gasteiger partial charge in [0, 0.05) is 6.54 Å². The van der Waals surface area contributed by atoms with Crippen molar-refractivity contribution in [3.8, 4) is 11.5 Å². The van der Waals surface area contributed by atoms with E-state index in [4.69, 9.17) is 21.1 Å². The first-order valence-electron chi connectivity index (χ1n) is 6.46. The van der Waals surface area contributed by atoms with Gasteiger partial charge in [0.1, 0.15) is 0 Å². The summed E-state index contributed by atoms with van der Waals surface area (Å²) < 4.78 is 10.7. The second kappa shape index (κ2) is 8.25. The fourth-order valence-corrected chi connectivity index (χ4v) is 1.99. The van der Waals surface area contributed by atoms with Gasteiger partial charge in [-0.1, -0.05) is 11.6 Å². The lowest BCUT2D eigenvalue weighted by Crippen LogP contribution is -2.18. The molecule has 0 saturated heterocycles. The molecule has 0 heterocycles. The van der Waals surface area contributed by atoms with Crippen molar-refractivity contribution in [1.82, 2.24) is 5.32 Å². The van der Waals surface area contributed by atoms with Crippen LogP contribution in [-0.4, -0.2) is 31.5 Å². The third-order valence-electron chi connectivity index (χ3n) is 2.65. The molecule has 19 heavy (non-hydrogen) atoms. The molecule has 0 bridgehead atoms. The molecule has 0 aliphatic heterocycles. The van der Waals surface area contributed by atoms with Gasteiger partial charge in [-0.15, -0.1) is 0 Å². The Hall–Kier alpha value is -0.970. The molecule has 0 aromatic heterocycles. The lowest BCUT2D eigenvalue weighted by molar-refractivity contribution is 0.183. The third-order valence-corrected chi connectivity index (χ3v) is 2.93. The van der Waals surface area contributed by atoms with Crippen LogP contribution in [0.15, 0.2) is 12.1 Å². The molecule has 4 nitrogen and oxygen atoms in total. The van der Waals surface area contributed by atoms with E-state index in [0.717, 1.165) is 18.5 Å². The molecular weight excluding hydrogens is 266 g/mol. The lowest BCUT2D eigenvalue weighted by Gasteiger charge is -2.13. The van der Waals surface area contributed by atoms with Gasteiger partial charge in [0.15, 0.2) is 11.5 Å². The molecule has 1 aromatic rings. The topological polar surface area (TPSA) is 50.7 Å². The van der Waals surface area contributed by atoms with Gasteiger partial charge in [-0.3, -0.25) is 0 Å². The zero-order chi connectivity index (χ0) is 14.3. The van der Waals surface area contributed by atoms with E-state index in [1.165, 1.54) is 0 Å². The van der Waals surface area contributed by atoms with Crippen molar-refractivity contribution in [3.63, 3.8) is 0 Å². The number of aliphatic hydroxyl groups is 1. The first-order chi connectivity index (χ1) is 9.08. The standard InChI is InChI=1S/C14H22ClNO3/c1-4-19-14-12(15)7-11(8-13(14)18-3)9-16-6-5-10(2)17/h7-8,10,16-17H,4-6,9H2,1-3H3. The van der Waals surface area contributed by atoms with E-state index < -0.39 is 0 Å². The van der Waals surface area contributed by atoms with Crippen LogP contribution < -0.4 is 14.8 Å². The van der Waals surface area contributed by atoms with Crippen molar-refractivity contribution in [3.05, 3.63) is 22.7 Å². The first-order valence-corrected chi connectivity index (χ1v) is 6.84. The van der Waals surface area contributed by atoms with Crippen molar-refractivity contribution in [1.29, 1.82) is 0 Å². The summed E-state index contributed by atoms with van der Waals surface area (Å²) in [5.41, 5.74) is 1.02. The average molecular weight is 288 g/mol. The third kappa shape index (κ3) is 5.27. The SMILES string of the molecule is CCOc1c(Cl)cc(CNCCC(C)O)cc1OC. The van der Waals surface area contributed by atoms with Gasteiger partial charge >= 0.3 is 0 Å². The van der Waals surface area contributed by atoms with Crippen LogP contribution in [0.3, 0.4) is 0 Å². The summed E-state index contributed by atoms with van der Waals surface area (Å²) in [5.74, 6) is 1.22. The summed E-state index contributed by atoms with van der Waals surface area (Å²) in [6.45, 7) is 5.65. The number of rotatable bonds is 8. The van der Waals surface area contributed by atoms with Crippen LogP contribution >= 0.6 is 11.6 Å². The van der Waals surface area contributed by atoms with Gasteiger partial charge in [0.2, 0.25) is 0 Å². The number of ether oxygens (including phenoxy) is 2. The first kappa shape index (κ1) is 16.1. The van der Waals surface area contributed by atoms with Crippen molar-refractivity contribution in [2.24, 2.45) is 0 Å². The highest BCUT2D eigenvalue weighted by molar-refractivity contribution is 6.32. The zero-order valence-electron chi connectivity index (χ0n) is 11.7. The van der Waals surface area contributed by atoms with E-state index >= 15 is 0 Å². The van der Waals surface area contributed by atoms with Crippen LogP contribution in [0, 0.1) is 0 Å². The summed E-state index contributed by atoms with van der Waals surface area (Å²) >= 11 is 6.18. The minimum absolute atomic E-state index is 0.286. The molecule has 0 spiro atoms. The van der Waals surface area contributed by atoms with Crippen LogP contribution in [0.25, 0.3) is 0 Å². The lowest BCUT2D eigenvalue weighted by atomic mass is 10.2. The monoisotopic (exact) mass is 287 g/mol. The highest BCUT2D eigenvalue weighted by Gasteiger charge is 2.11. The Morgan fingerprint density at radius 1 is 1.42 bits per heavy atom. The number of aliphatic hydroxyl groups excluding tert-OH is 1. The predicted octanol–water partition coefficient (Wildman–Crippen LogP) is 2.61. The van der Waals surface area contributed by atoms with E-state index in [1.54, 1.807) is 14.0 Å². The van der Waals surface area contributed by atoms with E-state index in [0.29, 0.717) is 29.7 Å². The summed E-state index contributed by atoms with van der Waals surface area (Å²) in [4.78, 5) is 0. The van der Waals surface area contributed by atoms with E-state index in [2.05, 4.69) is 5.32 Å². The number of benzene rings is 1. The van der Waals surface area contributed by atoms with Crippen molar-refractivity contribution in [2.45, 2.75) is 32.9 Å². The summed E-state index contributed by atoms with van der Waals surface area (Å²) in [5, 5.41) is 13.0. The zero-order valence-corrected chi connectivity index (χ0v) is 12.5. The molecule has 0 fully saturated rings. The van der Waals surface area contributed by atoms with Crippen molar-refractivity contribution in [2.75, 3.05) is 20.3 Å². The fourth-order valence-electron chi connectivity index (χ4n) is 1.70. The normalized spacial score (nSPS) is 12.3. The maximum Gasteiger partial charge on any atom is 0.179 e. The van der Waals surface area contributed by atoms with Gasteiger partial charge in [-0.2, -0.15) is 0 Å². The highest BCUT2D eigenvalue weighted by atomic mass is 35.5. The molecule has 0 saturated carbocycles. The fraction of sp³-hybridized carbons (Fsp3) is 0.571. The number of methoxy groups -OCH3 is 1. The highest BCUT2D eigenvalue weighted by Crippen LogP contribution is 2.36. The van der Waals surface area contributed by atoms with E-state index in [9.17, 15) is 5.11 Å². The van der Waals surface area contributed by atoms with E-state index in [1.807, 2.05) is 19.1 Å². The maximum absolute atomic E-state index is 9.17. The van der Waals surface area contributed by atoms with Crippen molar-refractivity contribution >= 4 is 11.6 Å². The molecule has 0 aliphatic rings. The van der Waals surface area contributed by atoms with Crippen molar-refractivity contribution < 1.29 is 14.6 Å².